The topological polar surface area (TPSA) is 68.0 Å². The number of hydrogen-bond donors (Lipinski definition) is 1. The normalized spacial score (nSPS) is 10.3. The second-order valence-corrected chi connectivity index (χ2v) is 3.46. The van der Waals surface area contributed by atoms with Gasteiger partial charge >= 0.3 is 5.97 Å². The minimum atomic E-state index is -0.896. The first-order valence-electron chi connectivity index (χ1n) is 4.83. The average Bonchev–Trinajstić information content (AvgIpc) is 2.61. The van der Waals surface area contributed by atoms with Crippen molar-refractivity contribution in [2.45, 2.75) is 13.5 Å². The molecule has 5 heteroatoms. The van der Waals surface area contributed by atoms with Gasteiger partial charge < -0.3 is 5.11 Å². The summed E-state index contributed by atoms with van der Waals surface area (Å²) in [4.78, 5) is 14.5. The molecule has 0 fully saturated rings. The number of rotatable bonds is 3. The van der Waals surface area contributed by atoms with Crippen molar-refractivity contribution >= 4 is 5.97 Å². The summed E-state index contributed by atoms with van der Waals surface area (Å²) in [5.41, 5.74) is 2.53. The van der Waals surface area contributed by atoms with Gasteiger partial charge in [-0.05, 0) is 25.1 Å². The maximum Gasteiger partial charge on any atom is 0.325 e. The Kier molecular flexibility index (Phi) is 2.68. The van der Waals surface area contributed by atoms with Gasteiger partial charge in [-0.25, -0.2) is 0 Å². The molecular formula is C11H11N3O2. The number of carbonyl (C=O) groups is 1. The van der Waals surface area contributed by atoms with Crippen molar-refractivity contribution < 1.29 is 9.90 Å². The van der Waals surface area contributed by atoms with Gasteiger partial charge in [-0.3, -0.25) is 14.5 Å². The Bertz CT molecular complexity index is 505. The third kappa shape index (κ3) is 2.08. The lowest BCUT2D eigenvalue weighted by molar-refractivity contribution is -0.137. The van der Waals surface area contributed by atoms with Crippen LogP contribution in [-0.2, 0) is 11.3 Å². The van der Waals surface area contributed by atoms with Crippen LogP contribution in [0.4, 0.5) is 0 Å². The van der Waals surface area contributed by atoms with Crippen LogP contribution in [0.3, 0.4) is 0 Å². The van der Waals surface area contributed by atoms with Crippen LogP contribution in [-0.4, -0.2) is 25.8 Å². The monoisotopic (exact) mass is 217 g/mol. The van der Waals surface area contributed by atoms with E-state index < -0.39 is 5.97 Å². The van der Waals surface area contributed by atoms with E-state index in [1.54, 1.807) is 12.4 Å². The first-order valence-corrected chi connectivity index (χ1v) is 4.83. The Morgan fingerprint density at radius 3 is 2.75 bits per heavy atom. The van der Waals surface area contributed by atoms with Crippen molar-refractivity contribution in [2.24, 2.45) is 0 Å². The zero-order valence-electron chi connectivity index (χ0n) is 8.79. The lowest BCUT2D eigenvalue weighted by atomic mass is 10.2. The zero-order chi connectivity index (χ0) is 11.5. The Morgan fingerprint density at radius 2 is 2.12 bits per heavy atom. The van der Waals surface area contributed by atoms with Crippen molar-refractivity contribution in [3.63, 3.8) is 0 Å². The van der Waals surface area contributed by atoms with Crippen molar-refractivity contribution in [2.75, 3.05) is 0 Å². The van der Waals surface area contributed by atoms with Gasteiger partial charge in [-0.1, -0.05) is 0 Å². The fourth-order valence-electron chi connectivity index (χ4n) is 1.46. The summed E-state index contributed by atoms with van der Waals surface area (Å²) in [5, 5.41) is 12.9. The smallest absolute Gasteiger partial charge is 0.325 e. The Labute approximate surface area is 92.4 Å². The molecule has 0 saturated heterocycles. The number of hydrogen-bond acceptors (Lipinski definition) is 3. The maximum atomic E-state index is 10.6. The average molecular weight is 217 g/mol. The van der Waals surface area contributed by atoms with Gasteiger partial charge in [0.25, 0.3) is 0 Å². The molecule has 0 aliphatic heterocycles. The number of carboxylic acid groups (broad SMARTS) is 1. The molecular weight excluding hydrogens is 206 g/mol. The zero-order valence-corrected chi connectivity index (χ0v) is 8.79. The SMILES string of the molecule is Cc1cc(-c2ccncc2)nn1CC(=O)O. The molecule has 0 saturated carbocycles. The molecule has 0 unspecified atom stereocenters. The van der Waals surface area contributed by atoms with Gasteiger partial charge in [0.1, 0.15) is 6.54 Å². The van der Waals surface area contributed by atoms with E-state index in [-0.39, 0.29) is 6.54 Å². The number of aromatic nitrogens is 3. The van der Waals surface area contributed by atoms with E-state index in [1.807, 2.05) is 25.1 Å². The molecule has 1 N–H and O–H groups in total. The van der Waals surface area contributed by atoms with Crippen LogP contribution in [0, 0.1) is 6.92 Å². The van der Waals surface area contributed by atoms with Crippen LogP contribution in [0.2, 0.25) is 0 Å². The molecule has 0 radical (unpaired) electrons. The molecule has 2 aromatic rings. The molecule has 2 heterocycles. The van der Waals surface area contributed by atoms with E-state index in [4.69, 9.17) is 5.11 Å². The van der Waals surface area contributed by atoms with Crippen LogP contribution in [0.5, 0.6) is 0 Å². The lowest BCUT2D eigenvalue weighted by Gasteiger charge is -1.98. The summed E-state index contributed by atoms with van der Waals surface area (Å²) in [6.07, 6.45) is 3.36. The van der Waals surface area contributed by atoms with Crippen LogP contribution in [0.1, 0.15) is 5.69 Å². The maximum absolute atomic E-state index is 10.6. The highest BCUT2D eigenvalue weighted by atomic mass is 16.4. The van der Waals surface area contributed by atoms with Crippen molar-refractivity contribution in [1.82, 2.24) is 14.8 Å². The summed E-state index contributed by atoms with van der Waals surface area (Å²) < 4.78 is 1.47. The molecule has 2 rings (SSSR count). The number of carboxylic acids is 1. The van der Waals surface area contributed by atoms with Crippen molar-refractivity contribution in [1.29, 1.82) is 0 Å². The minimum Gasteiger partial charge on any atom is -0.480 e. The minimum absolute atomic E-state index is 0.114. The van der Waals surface area contributed by atoms with Crippen LogP contribution in [0.25, 0.3) is 11.3 Å². The van der Waals surface area contributed by atoms with E-state index >= 15 is 0 Å². The van der Waals surface area contributed by atoms with Gasteiger partial charge in [0.15, 0.2) is 0 Å². The summed E-state index contributed by atoms with van der Waals surface area (Å²) >= 11 is 0. The van der Waals surface area contributed by atoms with Crippen LogP contribution in [0.15, 0.2) is 30.6 Å². The largest absolute Gasteiger partial charge is 0.480 e. The van der Waals surface area contributed by atoms with Crippen LogP contribution < -0.4 is 0 Å². The van der Waals surface area contributed by atoms with Gasteiger partial charge in [0.2, 0.25) is 0 Å². The predicted octanol–water partition coefficient (Wildman–Crippen LogP) is 1.34. The highest BCUT2D eigenvalue weighted by Gasteiger charge is 2.08. The van der Waals surface area contributed by atoms with Crippen molar-refractivity contribution in [3.8, 4) is 11.3 Å². The molecule has 0 spiro atoms. The van der Waals surface area contributed by atoms with Crippen molar-refractivity contribution in [3.05, 3.63) is 36.3 Å². The third-order valence-corrected chi connectivity index (χ3v) is 2.24. The summed E-state index contributed by atoms with van der Waals surface area (Å²) in [5.74, 6) is -0.896. The molecule has 2 aromatic heterocycles. The van der Waals surface area contributed by atoms with Gasteiger partial charge in [0, 0.05) is 23.7 Å². The standard InChI is InChI=1S/C11H11N3O2/c1-8-6-10(9-2-4-12-5-3-9)13-14(8)7-11(15)16/h2-6H,7H2,1H3,(H,15,16). The quantitative estimate of drug-likeness (QED) is 0.842. The highest BCUT2D eigenvalue weighted by molar-refractivity contribution is 5.67. The molecule has 0 amide bonds. The Balaban J connectivity index is 2.34. The number of nitrogens with zero attached hydrogens (tertiary/aromatic N) is 3. The third-order valence-electron chi connectivity index (χ3n) is 2.24. The molecule has 0 aliphatic rings. The molecule has 0 aliphatic carbocycles. The molecule has 0 aromatic carbocycles. The lowest BCUT2D eigenvalue weighted by Crippen LogP contribution is -2.11. The number of pyridine rings is 1. The fraction of sp³-hybridized carbons (Fsp3) is 0.182. The second-order valence-electron chi connectivity index (χ2n) is 3.46. The first-order chi connectivity index (χ1) is 7.66. The van der Waals surface area contributed by atoms with E-state index in [0.717, 1.165) is 17.0 Å². The highest BCUT2D eigenvalue weighted by Crippen LogP contribution is 2.17. The van der Waals surface area contributed by atoms with Gasteiger partial charge in [0.05, 0.1) is 5.69 Å². The molecule has 0 atom stereocenters. The summed E-state index contributed by atoms with van der Waals surface area (Å²) in [6.45, 7) is 1.72. The van der Waals surface area contributed by atoms with E-state index in [2.05, 4.69) is 10.1 Å². The van der Waals surface area contributed by atoms with E-state index in [1.165, 1.54) is 4.68 Å². The Morgan fingerprint density at radius 1 is 1.44 bits per heavy atom. The summed E-state index contributed by atoms with van der Waals surface area (Å²) in [7, 11) is 0. The van der Waals surface area contributed by atoms with E-state index in [9.17, 15) is 4.79 Å². The predicted molar refractivity (Wildman–Crippen MR) is 57.8 cm³/mol. The first kappa shape index (κ1) is 10.4. The second kappa shape index (κ2) is 4.14. The molecule has 82 valence electrons. The number of aryl methyl sites for hydroxylation is 1. The molecule has 16 heavy (non-hydrogen) atoms. The molecule has 5 nitrogen and oxygen atoms in total. The van der Waals surface area contributed by atoms with Gasteiger partial charge in [-0.2, -0.15) is 5.10 Å². The van der Waals surface area contributed by atoms with Crippen LogP contribution >= 0.6 is 0 Å². The number of aliphatic carboxylic acids is 1. The van der Waals surface area contributed by atoms with Gasteiger partial charge in [-0.15, -0.1) is 0 Å². The molecule has 0 bridgehead atoms. The fourth-order valence-corrected chi connectivity index (χ4v) is 1.46. The Hall–Kier alpha value is -2.17. The summed E-state index contributed by atoms with van der Waals surface area (Å²) in [6, 6.07) is 5.54. The van der Waals surface area contributed by atoms with E-state index in [0.29, 0.717) is 0 Å².